The van der Waals surface area contributed by atoms with E-state index in [2.05, 4.69) is 0 Å². The summed E-state index contributed by atoms with van der Waals surface area (Å²) >= 11 is 0. The van der Waals surface area contributed by atoms with E-state index in [0.29, 0.717) is 23.9 Å². The molecule has 0 atom stereocenters. The van der Waals surface area contributed by atoms with Gasteiger partial charge in [-0.2, -0.15) is 4.31 Å². The molecule has 0 bridgehead atoms. The topological polar surface area (TPSA) is 37.4 Å². The fraction of sp³-hybridized carbons (Fsp3) is 0.571. The van der Waals surface area contributed by atoms with Crippen molar-refractivity contribution in [2.24, 2.45) is 5.92 Å². The van der Waals surface area contributed by atoms with Gasteiger partial charge in [0.05, 0.1) is 4.90 Å². The number of aryl methyl sites for hydroxylation is 1. The van der Waals surface area contributed by atoms with Crippen LogP contribution in [0.4, 0.5) is 0 Å². The summed E-state index contributed by atoms with van der Waals surface area (Å²) in [5, 5.41) is 0. The molecule has 0 saturated heterocycles. The van der Waals surface area contributed by atoms with E-state index in [0.717, 1.165) is 5.56 Å². The molecular formula is C14H21NO2S. The van der Waals surface area contributed by atoms with Crippen LogP contribution < -0.4 is 0 Å². The molecule has 0 aliphatic heterocycles. The summed E-state index contributed by atoms with van der Waals surface area (Å²) in [5.41, 5.74) is 0.824. The molecule has 1 aliphatic carbocycles. The number of hydrogen-bond donors (Lipinski definition) is 0. The van der Waals surface area contributed by atoms with Crippen molar-refractivity contribution in [3.05, 3.63) is 29.8 Å². The van der Waals surface area contributed by atoms with Gasteiger partial charge in [-0.3, -0.25) is 0 Å². The summed E-state index contributed by atoms with van der Waals surface area (Å²) in [7, 11) is -3.32. The highest BCUT2D eigenvalue weighted by Gasteiger charge is 2.29. The molecule has 0 N–H and O–H groups in total. The van der Waals surface area contributed by atoms with E-state index in [9.17, 15) is 8.42 Å². The van der Waals surface area contributed by atoms with Gasteiger partial charge >= 0.3 is 0 Å². The van der Waals surface area contributed by atoms with Crippen molar-refractivity contribution in [2.45, 2.75) is 38.0 Å². The highest BCUT2D eigenvalue weighted by Crippen LogP contribution is 2.29. The van der Waals surface area contributed by atoms with Crippen molar-refractivity contribution in [2.75, 3.05) is 13.1 Å². The van der Waals surface area contributed by atoms with Crippen molar-refractivity contribution in [3.8, 4) is 0 Å². The van der Waals surface area contributed by atoms with Gasteiger partial charge in [-0.05, 0) is 37.3 Å². The van der Waals surface area contributed by atoms with Crippen LogP contribution in [0.15, 0.2) is 29.2 Å². The van der Waals surface area contributed by atoms with Gasteiger partial charge in [0, 0.05) is 13.1 Å². The average molecular weight is 267 g/mol. The summed E-state index contributed by atoms with van der Waals surface area (Å²) < 4.78 is 26.8. The summed E-state index contributed by atoms with van der Waals surface area (Å²) in [6.07, 6.45) is 3.58. The monoisotopic (exact) mass is 267 g/mol. The Bertz CT molecular complexity index is 506. The zero-order valence-corrected chi connectivity index (χ0v) is 11.9. The maximum Gasteiger partial charge on any atom is 0.243 e. The van der Waals surface area contributed by atoms with Crippen molar-refractivity contribution in [1.82, 2.24) is 4.31 Å². The molecule has 1 aromatic carbocycles. The zero-order valence-electron chi connectivity index (χ0n) is 11.1. The molecule has 0 aromatic heterocycles. The normalized spacial score (nSPS) is 16.8. The first-order chi connectivity index (χ1) is 8.55. The lowest BCUT2D eigenvalue weighted by Gasteiger charge is -2.31. The molecule has 1 saturated carbocycles. The molecule has 4 heteroatoms. The summed E-state index contributed by atoms with van der Waals surface area (Å²) in [5.74, 6) is 0.559. The molecule has 0 spiro atoms. The molecule has 1 aromatic rings. The number of hydrogen-bond acceptors (Lipinski definition) is 2. The maximum absolute atomic E-state index is 12.6. The zero-order chi connectivity index (χ0) is 13.2. The van der Waals surface area contributed by atoms with E-state index in [1.54, 1.807) is 16.4 Å². The minimum atomic E-state index is -3.32. The lowest BCUT2D eigenvalue weighted by molar-refractivity contribution is 0.250. The maximum atomic E-state index is 12.6. The van der Waals surface area contributed by atoms with Gasteiger partial charge in [0.15, 0.2) is 0 Å². The van der Waals surface area contributed by atoms with E-state index in [-0.39, 0.29) is 0 Å². The Morgan fingerprint density at radius 2 is 1.94 bits per heavy atom. The van der Waals surface area contributed by atoms with Crippen LogP contribution in [0.1, 0.15) is 31.7 Å². The predicted molar refractivity (Wildman–Crippen MR) is 73.0 cm³/mol. The van der Waals surface area contributed by atoms with Gasteiger partial charge in [0.25, 0.3) is 0 Å². The van der Waals surface area contributed by atoms with E-state index in [4.69, 9.17) is 0 Å². The first kappa shape index (κ1) is 13.6. The van der Waals surface area contributed by atoms with E-state index in [1.165, 1.54) is 19.3 Å². The Hall–Kier alpha value is -0.870. The third kappa shape index (κ3) is 2.59. The first-order valence-corrected chi connectivity index (χ1v) is 8.05. The lowest BCUT2D eigenvalue weighted by atomic mass is 9.85. The molecule has 0 unspecified atom stereocenters. The number of nitrogens with zero attached hydrogens (tertiary/aromatic N) is 1. The summed E-state index contributed by atoms with van der Waals surface area (Å²) in [6.45, 7) is 4.99. The first-order valence-electron chi connectivity index (χ1n) is 6.61. The van der Waals surface area contributed by atoms with Gasteiger partial charge in [0.2, 0.25) is 10.0 Å². The van der Waals surface area contributed by atoms with E-state index < -0.39 is 10.0 Å². The van der Waals surface area contributed by atoms with Crippen molar-refractivity contribution < 1.29 is 8.42 Å². The average Bonchev–Trinajstić information content (AvgIpc) is 2.27. The number of benzene rings is 1. The molecular weight excluding hydrogens is 246 g/mol. The predicted octanol–water partition coefficient (Wildman–Crippen LogP) is 2.81. The van der Waals surface area contributed by atoms with Crippen molar-refractivity contribution in [1.29, 1.82) is 0 Å². The Morgan fingerprint density at radius 3 is 2.44 bits per heavy atom. The molecule has 100 valence electrons. The van der Waals surface area contributed by atoms with Gasteiger partial charge in [-0.1, -0.05) is 31.5 Å². The van der Waals surface area contributed by atoms with Crippen LogP contribution in [0.25, 0.3) is 0 Å². The second-order valence-corrected chi connectivity index (χ2v) is 6.92. The molecule has 0 amide bonds. The fourth-order valence-corrected chi connectivity index (χ4v) is 4.10. The van der Waals surface area contributed by atoms with Crippen LogP contribution in [0.5, 0.6) is 0 Å². The van der Waals surface area contributed by atoms with Crippen LogP contribution in [-0.4, -0.2) is 25.8 Å². The summed E-state index contributed by atoms with van der Waals surface area (Å²) in [4.78, 5) is 0.450. The Labute approximate surface area is 110 Å². The van der Waals surface area contributed by atoms with Gasteiger partial charge in [0.1, 0.15) is 0 Å². The Balaban J connectivity index is 2.25. The summed E-state index contributed by atoms with van der Waals surface area (Å²) in [6, 6.07) is 7.21. The minimum Gasteiger partial charge on any atom is -0.207 e. The third-order valence-corrected chi connectivity index (χ3v) is 5.85. The highest BCUT2D eigenvalue weighted by molar-refractivity contribution is 7.89. The SMILES string of the molecule is CCN(CC1CCC1)S(=O)(=O)c1ccccc1C. The van der Waals surface area contributed by atoms with Crippen molar-refractivity contribution >= 4 is 10.0 Å². The smallest absolute Gasteiger partial charge is 0.207 e. The second-order valence-electron chi connectivity index (χ2n) is 5.02. The third-order valence-electron chi connectivity index (χ3n) is 3.75. The number of sulfonamides is 1. The van der Waals surface area contributed by atoms with E-state index >= 15 is 0 Å². The van der Waals surface area contributed by atoms with Crippen LogP contribution >= 0.6 is 0 Å². The van der Waals surface area contributed by atoms with E-state index in [1.807, 2.05) is 26.0 Å². The molecule has 0 radical (unpaired) electrons. The minimum absolute atomic E-state index is 0.450. The van der Waals surface area contributed by atoms with Crippen LogP contribution in [0, 0.1) is 12.8 Å². The molecule has 1 aliphatic rings. The van der Waals surface area contributed by atoms with Crippen molar-refractivity contribution in [3.63, 3.8) is 0 Å². The lowest BCUT2D eigenvalue weighted by Crippen LogP contribution is -2.37. The molecule has 3 nitrogen and oxygen atoms in total. The van der Waals surface area contributed by atoms with Gasteiger partial charge in [-0.15, -0.1) is 0 Å². The highest BCUT2D eigenvalue weighted by atomic mass is 32.2. The number of rotatable bonds is 5. The molecule has 1 fully saturated rings. The Morgan fingerprint density at radius 1 is 1.28 bits per heavy atom. The molecule has 0 heterocycles. The quantitative estimate of drug-likeness (QED) is 0.822. The van der Waals surface area contributed by atoms with Gasteiger partial charge < -0.3 is 0 Å². The van der Waals surface area contributed by atoms with Gasteiger partial charge in [-0.25, -0.2) is 8.42 Å². The fourth-order valence-electron chi connectivity index (χ4n) is 2.35. The molecule has 18 heavy (non-hydrogen) atoms. The standard InChI is InChI=1S/C14H21NO2S/c1-3-15(11-13-8-6-9-13)18(16,17)14-10-5-4-7-12(14)2/h4-5,7,10,13H,3,6,8-9,11H2,1-2H3. The molecule has 2 rings (SSSR count). The largest absolute Gasteiger partial charge is 0.243 e. The van der Waals surface area contributed by atoms with Crippen LogP contribution in [-0.2, 0) is 10.0 Å². The van der Waals surface area contributed by atoms with Crippen LogP contribution in [0.2, 0.25) is 0 Å². The Kier molecular flexibility index (Phi) is 4.07. The van der Waals surface area contributed by atoms with Crippen LogP contribution in [0.3, 0.4) is 0 Å². The second kappa shape index (κ2) is 5.41.